The number of hydrogen-bond acceptors (Lipinski definition) is 15. The molecule has 0 aliphatic heterocycles. The summed E-state index contributed by atoms with van der Waals surface area (Å²) < 4.78 is 68.1. The number of phosphoric acid groups is 2. The third-order valence-electron chi connectivity index (χ3n) is 16.3. The molecule has 0 aliphatic rings. The van der Waals surface area contributed by atoms with Crippen LogP contribution in [-0.2, 0) is 65.4 Å². The Kier molecular flexibility index (Phi) is 62.1. The van der Waals surface area contributed by atoms with Crippen molar-refractivity contribution in [2.75, 3.05) is 39.6 Å². The fourth-order valence-corrected chi connectivity index (χ4v) is 12.2. The summed E-state index contributed by atoms with van der Waals surface area (Å²) in [6.45, 7) is 7.17. The van der Waals surface area contributed by atoms with Gasteiger partial charge in [0.25, 0.3) is 0 Å². The van der Waals surface area contributed by atoms with Gasteiger partial charge in [0.1, 0.15) is 19.3 Å². The second-order valence-electron chi connectivity index (χ2n) is 25.7. The summed E-state index contributed by atoms with van der Waals surface area (Å²) >= 11 is 0. The summed E-state index contributed by atoms with van der Waals surface area (Å²) in [7, 11) is -9.89. The van der Waals surface area contributed by atoms with Crippen molar-refractivity contribution in [3.8, 4) is 0 Å². The number of unbranched alkanes of at least 4 members (excludes halogenated alkanes) is 42. The molecule has 89 heavy (non-hydrogen) atoms. The molecule has 17 nitrogen and oxygen atoms in total. The van der Waals surface area contributed by atoms with E-state index in [0.29, 0.717) is 25.7 Å². The van der Waals surface area contributed by atoms with Crippen LogP contribution in [0.2, 0.25) is 0 Å². The third-order valence-corrected chi connectivity index (χ3v) is 18.2. The van der Waals surface area contributed by atoms with Crippen LogP contribution in [0.25, 0.3) is 0 Å². The maximum Gasteiger partial charge on any atom is 0.472 e. The molecule has 0 saturated carbocycles. The maximum absolute atomic E-state index is 13.0. The lowest BCUT2D eigenvalue weighted by Gasteiger charge is -2.21. The first-order valence-corrected chi connectivity index (χ1v) is 39.6. The molecule has 0 aromatic heterocycles. The molecule has 0 heterocycles. The zero-order chi connectivity index (χ0) is 65.6. The second-order valence-corrected chi connectivity index (χ2v) is 28.7. The van der Waals surface area contributed by atoms with Crippen molar-refractivity contribution in [1.29, 1.82) is 0 Å². The minimum Gasteiger partial charge on any atom is -0.462 e. The van der Waals surface area contributed by atoms with E-state index in [9.17, 15) is 43.2 Å². The van der Waals surface area contributed by atoms with E-state index >= 15 is 0 Å². The summed E-state index contributed by atoms with van der Waals surface area (Å²) in [5, 5.41) is 10.6. The van der Waals surface area contributed by atoms with Crippen LogP contribution in [-0.4, -0.2) is 96.7 Å². The molecule has 0 amide bonds. The lowest BCUT2D eigenvalue weighted by Crippen LogP contribution is -2.30. The smallest absolute Gasteiger partial charge is 0.462 e. The van der Waals surface area contributed by atoms with Crippen LogP contribution in [0, 0.1) is 5.92 Å². The molecule has 0 aromatic carbocycles. The lowest BCUT2D eigenvalue weighted by molar-refractivity contribution is -0.161. The van der Waals surface area contributed by atoms with Gasteiger partial charge in [0, 0.05) is 25.7 Å². The van der Waals surface area contributed by atoms with Gasteiger partial charge in [-0.3, -0.25) is 37.3 Å². The van der Waals surface area contributed by atoms with Gasteiger partial charge in [-0.25, -0.2) is 9.13 Å². The fraction of sp³-hybridized carbons (Fsp3) is 0.943. The molecule has 0 bridgehead atoms. The van der Waals surface area contributed by atoms with Gasteiger partial charge in [-0.1, -0.05) is 311 Å². The topological polar surface area (TPSA) is 237 Å². The Bertz CT molecular complexity index is 1720. The first-order valence-electron chi connectivity index (χ1n) is 36.6. The predicted molar refractivity (Wildman–Crippen MR) is 358 cm³/mol. The third kappa shape index (κ3) is 64.6. The highest BCUT2D eigenvalue weighted by molar-refractivity contribution is 7.47. The van der Waals surface area contributed by atoms with Gasteiger partial charge < -0.3 is 33.8 Å². The van der Waals surface area contributed by atoms with Gasteiger partial charge in [-0.05, 0) is 31.6 Å². The minimum absolute atomic E-state index is 0.107. The highest BCUT2D eigenvalue weighted by Crippen LogP contribution is 2.45. The van der Waals surface area contributed by atoms with Gasteiger partial charge in [-0.2, -0.15) is 0 Å². The molecular formula is C70H136O17P2. The van der Waals surface area contributed by atoms with Gasteiger partial charge in [0.2, 0.25) is 0 Å². The number of rotatable bonds is 70. The fourth-order valence-electron chi connectivity index (χ4n) is 10.6. The molecule has 0 saturated heterocycles. The van der Waals surface area contributed by atoms with Crippen molar-refractivity contribution in [2.45, 2.75) is 380 Å². The Hall–Kier alpha value is -1.94. The quantitative estimate of drug-likeness (QED) is 0.0222. The van der Waals surface area contributed by atoms with Crippen LogP contribution in [0.1, 0.15) is 362 Å². The molecule has 0 radical (unpaired) electrons. The molecular weight excluding hydrogens is 1170 g/mol. The first-order chi connectivity index (χ1) is 43.0. The van der Waals surface area contributed by atoms with E-state index in [0.717, 1.165) is 102 Å². The van der Waals surface area contributed by atoms with Gasteiger partial charge in [-0.15, -0.1) is 0 Å². The molecule has 2 unspecified atom stereocenters. The zero-order valence-electron chi connectivity index (χ0n) is 57.6. The lowest BCUT2D eigenvalue weighted by atomic mass is 10.0. The summed E-state index contributed by atoms with van der Waals surface area (Å²) in [6.07, 6.45) is 50.2. The highest BCUT2D eigenvalue weighted by atomic mass is 31.2. The van der Waals surface area contributed by atoms with Crippen molar-refractivity contribution in [1.82, 2.24) is 0 Å². The van der Waals surface area contributed by atoms with E-state index in [2.05, 4.69) is 34.6 Å². The van der Waals surface area contributed by atoms with Crippen molar-refractivity contribution in [3.63, 3.8) is 0 Å². The molecule has 5 atom stereocenters. The number of aliphatic hydroxyl groups excluding tert-OH is 1. The Morgan fingerprint density at radius 2 is 0.517 bits per heavy atom. The monoisotopic (exact) mass is 1310 g/mol. The first kappa shape index (κ1) is 87.1. The van der Waals surface area contributed by atoms with Crippen LogP contribution in [0.4, 0.5) is 0 Å². The molecule has 0 fully saturated rings. The summed E-state index contributed by atoms with van der Waals surface area (Å²) in [5.74, 6) is -1.36. The summed E-state index contributed by atoms with van der Waals surface area (Å²) in [4.78, 5) is 72.3. The van der Waals surface area contributed by atoms with E-state index in [1.54, 1.807) is 0 Å². The van der Waals surface area contributed by atoms with Crippen molar-refractivity contribution < 1.29 is 80.2 Å². The van der Waals surface area contributed by atoms with Crippen LogP contribution in [0.3, 0.4) is 0 Å². The van der Waals surface area contributed by atoms with E-state index in [1.165, 1.54) is 180 Å². The van der Waals surface area contributed by atoms with E-state index in [1.807, 2.05) is 0 Å². The number of esters is 4. The number of carbonyl (C=O) groups is 4. The number of phosphoric ester groups is 2. The van der Waals surface area contributed by atoms with Crippen molar-refractivity contribution in [2.24, 2.45) is 5.92 Å². The number of ether oxygens (including phenoxy) is 4. The molecule has 0 rings (SSSR count). The Balaban J connectivity index is 5.16. The predicted octanol–water partition coefficient (Wildman–Crippen LogP) is 20.1. The highest BCUT2D eigenvalue weighted by Gasteiger charge is 2.30. The molecule has 0 aromatic rings. The Morgan fingerprint density at radius 3 is 0.764 bits per heavy atom. The molecule has 528 valence electrons. The van der Waals surface area contributed by atoms with Crippen LogP contribution >= 0.6 is 15.6 Å². The number of hydrogen-bond donors (Lipinski definition) is 3. The number of aliphatic hydroxyl groups is 1. The largest absolute Gasteiger partial charge is 0.472 e. The standard InChI is InChI=1S/C70H136O17P2/c1-6-9-12-15-17-19-21-23-25-26-28-32-37-41-46-51-56-70(75)87-66(60-81-68(73)54-49-44-39-35-33-29-30-34-38-43-47-52-63(4)5)62-85-89(78,79)83-58-64(71)57-82-88(76,77)84-61-65(59-80-67(72)53-48-42-14-11-8-3)86-69(74)55-50-45-40-36-31-27-24-22-20-18-16-13-10-7-2/h63-66,71H,6-62H2,1-5H3,(H,76,77)(H,78,79)/t64-,65+,66+/m0/s1. The van der Waals surface area contributed by atoms with Crippen LogP contribution < -0.4 is 0 Å². The molecule has 19 heteroatoms. The molecule has 0 spiro atoms. The average Bonchev–Trinajstić information content (AvgIpc) is 3.59. The molecule has 0 aliphatic carbocycles. The van der Waals surface area contributed by atoms with Gasteiger partial charge in [0.05, 0.1) is 26.4 Å². The van der Waals surface area contributed by atoms with E-state index in [4.69, 9.17) is 37.0 Å². The SMILES string of the molecule is CCCCCCCCCCCCCCCCCCC(=O)O[C@H](COC(=O)CCCCCCCCCCCCCC(C)C)COP(=O)(O)OC[C@@H](O)COP(=O)(O)OC[C@@H](COC(=O)CCCCCCC)OC(=O)CCCCCCCCCCCCCCCC. The Labute approximate surface area is 543 Å². The Morgan fingerprint density at radius 1 is 0.303 bits per heavy atom. The van der Waals surface area contributed by atoms with Crippen molar-refractivity contribution >= 4 is 39.5 Å². The van der Waals surface area contributed by atoms with E-state index in [-0.39, 0.29) is 25.7 Å². The van der Waals surface area contributed by atoms with Gasteiger partial charge in [0.15, 0.2) is 12.2 Å². The normalized spacial score (nSPS) is 14.1. The summed E-state index contributed by atoms with van der Waals surface area (Å²) in [5.41, 5.74) is 0. The summed E-state index contributed by atoms with van der Waals surface area (Å²) in [6, 6.07) is 0. The van der Waals surface area contributed by atoms with Crippen molar-refractivity contribution in [3.05, 3.63) is 0 Å². The van der Waals surface area contributed by atoms with Gasteiger partial charge >= 0.3 is 39.5 Å². The van der Waals surface area contributed by atoms with Crippen LogP contribution in [0.15, 0.2) is 0 Å². The minimum atomic E-state index is -4.95. The molecule has 3 N–H and O–H groups in total. The van der Waals surface area contributed by atoms with E-state index < -0.39 is 97.5 Å². The zero-order valence-corrected chi connectivity index (χ0v) is 59.4. The maximum atomic E-state index is 13.0. The second kappa shape index (κ2) is 63.5. The van der Waals surface area contributed by atoms with Crippen LogP contribution in [0.5, 0.6) is 0 Å². The number of carbonyl (C=O) groups excluding carboxylic acids is 4. The average molecular weight is 1310 g/mol.